The first-order valence-electron chi connectivity index (χ1n) is 2.89. The maximum Gasteiger partial charge on any atom is 0.518 e. The molecule has 0 unspecified atom stereocenters. The van der Waals surface area contributed by atoms with E-state index >= 15 is 0 Å². The Morgan fingerprint density at radius 3 is 1.64 bits per heavy atom. The van der Waals surface area contributed by atoms with Gasteiger partial charge in [0, 0.05) is 0 Å². The second kappa shape index (κ2) is 11.3. The molecule has 0 aromatic heterocycles. The number of carbonyl (C=O) groups excluding carboxylic acids is 1. The van der Waals surface area contributed by atoms with Crippen LogP contribution in [0.5, 0.6) is 0 Å². The van der Waals surface area contributed by atoms with E-state index in [1.165, 1.54) is 0 Å². The Hall–Kier alpha value is -1.51. The van der Waals surface area contributed by atoms with Crippen LogP contribution in [0.25, 0.3) is 0 Å². The van der Waals surface area contributed by atoms with Gasteiger partial charge in [0.1, 0.15) is 0 Å². The van der Waals surface area contributed by atoms with Gasteiger partial charge in [0.25, 0.3) is 0 Å². The first-order chi connectivity index (χ1) is 5.22. The van der Waals surface area contributed by atoms with Gasteiger partial charge in [-0.25, -0.2) is 4.79 Å². The predicted molar refractivity (Wildman–Crippen MR) is 43.8 cm³/mol. The fourth-order valence-corrected chi connectivity index (χ4v) is 0.164. The summed E-state index contributed by atoms with van der Waals surface area (Å²) in [6.45, 7) is 11.5. The molecule has 0 aromatic carbocycles. The molecular weight excluding hydrogens is 144 g/mol. The predicted octanol–water partition coefficient (Wildman–Crippen LogP) is 2.62. The Labute approximate surface area is 66.6 Å². The fourth-order valence-electron chi connectivity index (χ4n) is 0.164. The smallest absolute Gasteiger partial charge is 0.403 e. The topological polar surface area (TPSA) is 35.5 Å². The third kappa shape index (κ3) is 17.7. The average molecular weight is 156 g/mol. The van der Waals surface area contributed by atoms with Crippen molar-refractivity contribution >= 4 is 6.16 Å². The van der Waals surface area contributed by atoms with Crippen LogP contribution in [0.3, 0.4) is 0 Å². The molecule has 3 nitrogen and oxygen atoms in total. The van der Waals surface area contributed by atoms with E-state index in [1.807, 2.05) is 6.92 Å². The SMILES string of the molecule is C=CC.C=COC(=O)OC=C. The van der Waals surface area contributed by atoms with E-state index in [-0.39, 0.29) is 0 Å². The molecule has 0 rings (SSSR count). The van der Waals surface area contributed by atoms with Gasteiger partial charge >= 0.3 is 6.16 Å². The quantitative estimate of drug-likeness (QED) is 0.350. The number of carbonyl (C=O) groups is 1. The Balaban J connectivity index is 0. The van der Waals surface area contributed by atoms with Crippen LogP contribution in [-0.2, 0) is 9.47 Å². The molecule has 0 aliphatic heterocycles. The molecule has 0 amide bonds. The molecule has 0 fully saturated rings. The van der Waals surface area contributed by atoms with Crippen molar-refractivity contribution in [2.24, 2.45) is 0 Å². The van der Waals surface area contributed by atoms with Crippen molar-refractivity contribution < 1.29 is 14.3 Å². The van der Waals surface area contributed by atoms with Crippen LogP contribution in [0.2, 0.25) is 0 Å². The Kier molecular flexibility index (Phi) is 12.5. The standard InChI is InChI=1S/C5H6O3.C3H6/c1-3-7-5(6)8-4-2;1-3-2/h3-4H,1-2H2;3H,1H2,2H3. The van der Waals surface area contributed by atoms with E-state index in [0.717, 1.165) is 12.5 Å². The fraction of sp³-hybridized carbons (Fsp3) is 0.125. The van der Waals surface area contributed by atoms with Crippen molar-refractivity contribution in [3.8, 4) is 0 Å². The summed E-state index contributed by atoms with van der Waals surface area (Å²) in [7, 11) is 0. The van der Waals surface area contributed by atoms with Crippen molar-refractivity contribution in [2.75, 3.05) is 0 Å². The lowest BCUT2D eigenvalue weighted by atomic mass is 10.8. The van der Waals surface area contributed by atoms with Gasteiger partial charge in [0.2, 0.25) is 0 Å². The molecule has 0 N–H and O–H groups in total. The van der Waals surface area contributed by atoms with Gasteiger partial charge in [-0.2, -0.15) is 0 Å². The molecule has 0 saturated carbocycles. The molecular formula is C8H12O3. The first kappa shape index (κ1) is 12.2. The maximum absolute atomic E-state index is 10.1. The van der Waals surface area contributed by atoms with Crippen LogP contribution < -0.4 is 0 Å². The van der Waals surface area contributed by atoms with Crippen LogP contribution in [0, 0.1) is 0 Å². The van der Waals surface area contributed by atoms with Crippen molar-refractivity contribution in [1.82, 2.24) is 0 Å². The highest BCUT2D eigenvalue weighted by Crippen LogP contribution is 1.83. The van der Waals surface area contributed by atoms with Crippen molar-refractivity contribution in [1.29, 1.82) is 0 Å². The highest BCUT2D eigenvalue weighted by atomic mass is 16.7. The summed E-state index contributed by atoms with van der Waals surface area (Å²) in [4.78, 5) is 10.1. The van der Waals surface area contributed by atoms with Crippen LogP contribution >= 0.6 is 0 Å². The molecule has 62 valence electrons. The van der Waals surface area contributed by atoms with Gasteiger partial charge in [-0.15, -0.1) is 6.58 Å². The molecule has 0 spiro atoms. The molecule has 0 aromatic rings. The summed E-state index contributed by atoms with van der Waals surface area (Å²) in [5.41, 5.74) is 0. The number of allylic oxidation sites excluding steroid dienone is 1. The van der Waals surface area contributed by atoms with Gasteiger partial charge in [0.15, 0.2) is 0 Å². The zero-order chi connectivity index (χ0) is 9.11. The molecule has 0 aliphatic carbocycles. The summed E-state index contributed by atoms with van der Waals surface area (Å²) in [6.07, 6.45) is 2.88. The van der Waals surface area contributed by atoms with Gasteiger partial charge in [-0.3, -0.25) is 0 Å². The Morgan fingerprint density at radius 1 is 1.18 bits per heavy atom. The van der Waals surface area contributed by atoms with Crippen LogP contribution in [0.15, 0.2) is 38.3 Å². The highest BCUT2D eigenvalue weighted by molar-refractivity contribution is 5.61. The normalized spacial score (nSPS) is 6.27. The number of ether oxygens (including phenoxy) is 2. The van der Waals surface area contributed by atoms with Crippen molar-refractivity contribution in [3.63, 3.8) is 0 Å². The lowest BCUT2D eigenvalue weighted by Gasteiger charge is -1.91. The van der Waals surface area contributed by atoms with Gasteiger partial charge in [0.05, 0.1) is 12.5 Å². The largest absolute Gasteiger partial charge is 0.518 e. The summed E-state index contributed by atoms with van der Waals surface area (Å²) in [5, 5.41) is 0. The summed E-state index contributed by atoms with van der Waals surface area (Å²) < 4.78 is 8.23. The van der Waals surface area contributed by atoms with Gasteiger partial charge in [-0.1, -0.05) is 19.2 Å². The lowest BCUT2D eigenvalue weighted by Crippen LogP contribution is -1.96. The van der Waals surface area contributed by atoms with Crippen molar-refractivity contribution in [3.05, 3.63) is 38.3 Å². The monoisotopic (exact) mass is 156 g/mol. The average Bonchev–Trinajstić information content (AvgIpc) is 1.90. The van der Waals surface area contributed by atoms with Gasteiger partial charge in [-0.05, 0) is 6.92 Å². The zero-order valence-corrected chi connectivity index (χ0v) is 6.58. The first-order valence-corrected chi connectivity index (χ1v) is 2.89. The summed E-state index contributed by atoms with van der Waals surface area (Å²) in [6, 6.07) is 0. The number of hydrogen-bond donors (Lipinski definition) is 0. The molecule has 0 atom stereocenters. The highest BCUT2D eigenvalue weighted by Gasteiger charge is 1.93. The maximum atomic E-state index is 10.1. The minimum absolute atomic E-state index is 0.824. The minimum Gasteiger partial charge on any atom is -0.403 e. The number of hydrogen-bond acceptors (Lipinski definition) is 3. The van der Waals surface area contributed by atoms with Crippen LogP contribution in [0.1, 0.15) is 6.92 Å². The molecule has 0 saturated heterocycles. The molecule has 3 heteroatoms. The second-order valence-corrected chi connectivity index (χ2v) is 1.23. The molecule has 11 heavy (non-hydrogen) atoms. The molecule has 0 radical (unpaired) electrons. The third-order valence-electron chi connectivity index (χ3n) is 0.359. The molecule has 0 heterocycles. The third-order valence-corrected chi connectivity index (χ3v) is 0.359. The van der Waals surface area contributed by atoms with Crippen molar-refractivity contribution in [2.45, 2.75) is 6.92 Å². The zero-order valence-electron chi connectivity index (χ0n) is 6.58. The van der Waals surface area contributed by atoms with E-state index < -0.39 is 6.16 Å². The van der Waals surface area contributed by atoms with E-state index in [2.05, 4.69) is 29.2 Å². The Bertz CT molecular complexity index is 126. The summed E-state index contributed by atoms with van der Waals surface area (Å²) >= 11 is 0. The van der Waals surface area contributed by atoms with Crippen LogP contribution in [-0.4, -0.2) is 6.16 Å². The van der Waals surface area contributed by atoms with E-state index in [0.29, 0.717) is 0 Å². The Morgan fingerprint density at radius 2 is 1.45 bits per heavy atom. The van der Waals surface area contributed by atoms with E-state index in [4.69, 9.17) is 0 Å². The van der Waals surface area contributed by atoms with E-state index in [9.17, 15) is 4.79 Å². The molecule has 0 bridgehead atoms. The van der Waals surface area contributed by atoms with Gasteiger partial charge < -0.3 is 9.47 Å². The van der Waals surface area contributed by atoms with E-state index in [1.54, 1.807) is 6.08 Å². The molecule has 0 aliphatic rings. The summed E-state index contributed by atoms with van der Waals surface area (Å²) in [5.74, 6) is 0. The number of rotatable bonds is 2. The minimum atomic E-state index is -0.824. The lowest BCUT2D eigenvalue weighted by molar-refractivity contribution is 0.120. The second-order valence-electron chi connectivity index (χ2n) is 1.23. The van der Waals surface area contributed by atoms with Crippen LogP contribution in [0.4, 0.5) is 4.79 Å².